The first-order valence-electron chi connectivity index (χ1n) is 12.5. The van der Waals surface area contributed by atoms with Gasteiger partial charge in [-0.2, -0.15) is 0 Å². The molecule has 11 nitrogen and oxygen atoms in total. The largest absolute Gasteiger partial charge is 0.757 e. The Labute approximate surface area is 224 Å². The van der Waals surface area contributed by atoms with Gasteiger partial charge in [0.2, 0.25) is 0 Å². The van der Waals surface area contributed by atoms with Crippen LogP contribution in [0.5, 0.6) is 0 Å². The topological polar surface area (TPSA) is 146 Å². The monoisotopic (exact) mass is 521 g/mol. The molecule has 39 heavy (non-hydrogen) atoms. The molecule has 6 rings (SSSR count). The van der Waals surface area contributed by atoms with Crippen molar-refractivity contribution in [3.8, 4) is 0 Å². The molecule has 0 radical (unpaired) electrons. The number of rotatable bonds is 7. The first-order chi connectivity index (χ1) is 19.1. The van der Waals surface area contributed by atoms with Crippen LogP contribution in [0, 0.1) is 5.21 Å². The Morgan fingerprint density at radius 1 is 0.692 bits per heavy atom. The molecule has 4 aromatic rings. The summed E-state index contributed by atoms with van der Waals surface area (Å²) in [5.41, 5.74) is 4.77. The maximum Gasteiger partial charge on any atom is 0.269 e. The third-order valence-electron chi connectivity index (χ3n) is 6.47. The summed E-state index contributed by atoms with van der Waals surface area (Å²) in [4.78, 5) is 34.3. The van der Waals surface area contributed by atoms with Gasteiger partial charge in [-0.3, -0.25) is 9.59 Å². The second kappa shape index (κ2) is 10.3. The second-order valence-electron chi connectivity index (χ2n) is 9.06. The predicted molar refractivity (Wildman–Crippen MR) is 148 cm³/mol. The third kappa shape index (κ3) is 4.90. The first-order valence-corrected chi connectivity index (χ1v) is 12.5. The molecule has 2 aliphatic heterocycles. The van der Waals surface area contributed by atoms with Crippen LogP contribution >= 0.6 is 0 Å². The minimum absolute atomic E-state index is 0.178. The first kappa shape index (κ1) is 24.2. The van der Waals surface area contributed by atoms with E-state index in [-0.39, 0.29) is 36.6 Å². The third-order valence-corrected chi connectivity index (χ3v) is 6.47. The van der Waals surface area contributed by atoms with Crippen LogP contribution in [0.2, 0.25) is 0 Å². The molecule has 1 atom stereocenters. The zero-order valence-corrected chi connectivity index (χ0v) is 20.7. The van der Waals surface area contributed by atoms with Gasteiger partial charge in [-0.1, -0.05) is 36.4 Å². The van der Waals surface area contributed by atoms with Crippen molar-refractivity contribution in [2.75, 3.05) is 34.1 Å². The number of hydrogen-bond acceptors (Lipinski definition) is 9. The number of pyridine rings is 2. The van der Waals surface area contributed by atoms with E-state index in [0.717, 1.165) is 16.4 Å². The summed E-state index contributed by atoms with van der Waals surface area (Å²) in [6.45, 7) is 0.396. The summed E-state index contributed by atoms with van der Waals surface area (Å²) in [6.07, 6.45) is -0.957. The molecule has 2 aromatic carbocycles. The molecule has 0 saturated heterocycles. The minimum atomic E-state index is -0.721. The zero-order valence-electron chi connectivity index (χ0n) is 20.7. The number of amides is 2. The van der Waals surface area contributed by atoms with Crippen molar-refractivity contribution < 1.29 is 9.59 Å². The number of nitrogens with one attached hydrogen (secondary N) is 5. The normalized spacial score (nSPS) is 15.4. The summed E-state index contributed by atoms with van der Waals surface area (Å²) < 4.78 is 0. The van der Waals surface area contributed by atoms with Crippen LogP contribution in [0.1, 0.15) is 44.7 Å². The summed E-state index contributed by atoms with van der Waals surface area (Å²) in [5, 5.41) is 28.9. The van der Waals surface area contributed by atoms with Gasteiger partial charge in [0, 0.05) is 13.1 Å². The van der Waals surface area contributed by atoms with Crippen LogP contribution in [0.3, 0.4) is 0 Å². The van der Waals surface area contributed by atoms with Gasteiger partial charge >= 0.3 is 0 Å². The molecular weight excluding hydrogens is 496 g/mol. The quantitative estimate of drug-likeness (QED) is 0.230. The molecule has 0 saturated carbocycles. The molecule has 2 aromatic heterocycles. The van der Waals surface area contributed by atoms with Gasteiger partial charge in [0.05, 0.1) is 34.1 Å². The Kier molecular flexibility index (Phi) is 6.39. The van der Waals surface area contributed by atoms with E-state index >= 15 is 0 Å². The summed E-state index contributed by atoms with van der Waals surface area (Å²) in [5.74, 6) is -0.749. The fourth-order valence-corrected chi connectivity index (χ4v) is 4.56. The Bertz CT molecular complexity index is 1520. The maximum absolute atomic E-state index is 12.7. The molecule has 2 aliphatic rings. The molecule has 0 bridgehead atoms. The fourth-order valence-electron chi connectivity index (χ4n) is 4.56. The lowest BCUT2D eigenvalue weighted by atomic mass is 10.2. The molecule has 1 unspecified atom stereocenters. The van der Waals surface area contributed by atoms with E-state index in [4.69, 9.17) is 0 Å². The number of benzene rings is 2. The van der Waals surface area contributed by atoms with Crippen molar-refractivity contribution in [2.24, 2.45) is 0 Å². The highest BCUT2D eigenvalue weighted by atomic mass is 16.5. The number of carbonyl (C=O) groups excluding carboxylic acids is 2. The van der Waals surface area contributed by atoms with E-state index < -0.39 is 12.1 Å². The molecule has 11 heteroatoms. The van der Waals surface area contributed by atoms with E-state index in [0.29, 0.717) is 22.8 Å². The number of nitrogens with zero attached hydrogens (tertiary/aromatic N) is 3. The van der Waals surface area contributed by atoms with E-state index in [2.05, 4.69) is 36.6 Å². The molecule has 4 heterocycles. The lowest BCUT2D eigenvalue weighted by molar-refractivity contribution is 0.0922. The number of hydrogen-bond donors (Lipinski definition) is 5. The molecule has 196 valence electrons. The number of fused-ring (bicyclic) bond motifs is 2. The maximum atomic E-state index is 12.7. The molecule has 0 fully saturated rings. The van der Waals surface area contributed by atoms with Crippen LogP contribution < -0.4 is 31.6 Å². The highest BCUT2D eigenvalue weighted by Gasteiger charge is 2.25. The van der Waals surface area contributed by atoms with Crippen LogP contribution in [0.25, 0.3) is 0 Å². The lowest BCUT2D eigenvalue weighted by Gasteiger charge is -2.31. The molecule has 5 N–H and O–H groups in total. The second-order valence-corrected chi connectivity index (χ2v) is 9.06. The van der Waals surface area contributed by atoms with Gasteiger partial charge < -0.3 is 36.9 Å². The van der Waals surface area contributed by atoms with E-state index in [1.165, 1.54) is 0 Å². The summed E-state index contributed by atoms with van der Waals surface area (Å²) in [7, 11) is 0. The van der Waals surface area contributed by atoms with Gasteiger partial charge in [-0.05, 0) is 48.5 Å². The van der Waals surface area contributed by atoms with Gasteiger partial charge in [-0.15, -0.1) is 0 Å². The average Bonchev–Trinajstić information content (AvgIpc) is 3.57. The van der Waals surface area contributed by atoms with Crippen LogP contribution in [0.4, 0.5) is 22.7 Å². The van der Waals surface area contributed by atoms with Gasteiger partial charge in [0.15, 0.2) is 0 Å². The standard InChI is InChI=1S/C28H25N8O3/c37-27(22-12-5-10-20(31-22)25-33-17-7-1-2-8-18(17)34-25)29-15-16-30-28(38)23-13-6-11-21(32-23)26-35-19-9-3-4-14-24(19)36(26)39/h1-14,25-26,33-35H,15-16H2,(H,29,37)(H,30,38)/q-1. The van der Waals surface area contributed by atoms with Crippen molar-refractivity contribution in [3.63, 3.8) is 0 Å². The SMILES string of the molecule is O=C(NCCNC(=O)c1cccc(C2Nc3ccccc3N2[O-])n1)c1cccc(C2Nc3ccccc3N2)n1. The Balaban J connectivity index is 1.01. The number of carbonyl (C=O) groups is 2. The highest BCUT2D eigenvalue weighted by molar-refractivity contribution is 5.93. The fraction of sp³-hybridized carbons (Fsp3) is 0.143. The Hall–Kier alpha value is -5.16. The number of hydroxylamine groups is 1. The zero-order chi connectivity index (χ0) is 26.8. The van der Waals surface area contributed by atoms with E-state index in [1.807, 2.05) is 42.5 Å². The smallest absolute Gasteiger partial charge is 0.269 e. The van der Waals surface area contributed by atoms with E-state index in [9.17, 15) is 14.8 Å². The van der Waals surface area contributed by atoms with Crippen molar-refractivity contribution in [1.29, 1.82) is 0 Å². The number of para-hydroxylation sites is 4. The van der Waals surface area contributed by atoms with E-state index in [1.54, 1.807) is 42.5 Å². The lowest BCUT2D eigenvalue weighted by Crippen LogP contribution is -2.35. The van der Waals surface area contributed by atoms with Crippen LogP contribution in [0.15, 0.2) is 84.9 Å². The van der Waals surface area contributed by atoms with Crippen molar-refractivity contribution in [3.05, 3.63) is 113 Å². The van der Waals surface area contributed by atoms with Gasteiger partial charge in [0.25, 0.3) is 11.8 Å². The average molecular weight is 522 g/mol. The summed E-state index contributed by atoms with van der Waals surface area (Å²) in [6, 6.07) is 25.3. The minimum Gasteiger partial charge on any atom is -0.757 e. The number of aromatic nitrogens is 2. The Morgan fingerprint density at radius 2 is 1.23 bits per heavy atom. The number of anilines is 4. The van der Waals surface area contributed by atoms with Gasteiger partial charge in [0.1, 0.15) is 23.7 Å². The molecule has 2 amide bonds. The van der Waals surface area contributed by atoms with Crippen LogP contribution in [-0.4, -0.2) is 34.9 Å². The predicted octanol–water partition coefficient (Wildman–Crippen LogP) is 3.60. The molecule has 0 spiro atoms. The molecule has 0 aliphatic carbocycles. The van der Waals surface area contributed by atoms with Crippen LogP contribution in [-0.2, 0) is 0 Å². The van der Waals surface area contributed by atoms with Crippen molar-refractivity contribution in [1.82, 2.24) is 20.6 Å². The molecular formula is C28H25N8O3-. The highest BCUT2D eigenvalue weighted by Crippen LogP contribution is 2.39. The van der Waals surface area contributed by atoms with Crippen molar-refractivity contribution >= 4 is 34.6 Å². The van der Waals surface area contributed by atoms with Gasteiger partial charge in [-0.25, -0.2) is 9.97 Å². The summed E-state index contributed by atoms with van der Waals surface area (Å²) >= 11 is 0. The van der Waals surface area contributed by atoms with Crippen molar-refractivity contribution in [2.45, 2.75) is 12.3 Å². The Morgan fingerprint density at radius 3 is 1.85 bits per heavy atom.